The van der Waals surface area contributed by atoms with Crippen molar-refractivity contribution in [3.8, 4) is 23.0 Å². The van der Waals surface area contributed by atoms with Crippen molar-refractivity contribution < 1.29 is 23.8 Å². The zero-order valence-corrected chi connectivity index (χ0v) is 22.1. The maximum atomic E-state index is 15.4. The molecule has 0 aliphatic rings. The average molecular weight is 550 g/mol. The third-order valence-corrected chi connectivity index (χ3v) is 6.32. The summed E-state index contributed by atoms with van der Waals surface area (Å²) < 4.78 is 28.4. The topological polar surface area (TPSA) is 132 Å². The Labute approximate surface area is 222 Å². The van der Waals surface area contributed by atoms with Gasteiger partial charge in [-0.15, -0.1) is 10.2 Å². The highest BCUT2D eigenvalue weighted by Crippen LogP contribution is 2.36. The van der Waals surface area contributed by atoms with Crippen LogP contribution < -0.4 is 10.5 Å². The van der Waals surface area contributed by atoms with Gasteiger partial charge < -0.3 is 25.1 Å². The molecule has 4 N–H and O–H groups in total. The van der Waals surface area contributed by atoms with Crippen LogP contribution in [0.25, 0.3) is 11.5 Å². The molecule has 0 saturated carbocycles. The Morgan fingerprint density at radius 3 is 2.59 bits per heavy atom. The molecule has 4 aromatic rings. The van der Waals surface area contributed by atoms with Crippen molar-refractivity contribution in [1.82, 2.24) is 20.0 Å². The molecule has 0 radical (unpaired) electrons. The number of halogens is 3. The molecule has 196 valence electrons. The minimum atomic E-state index is -1.30. The van der Waals surface area contributed by atoms with E-state index in [1.165, 1.54) is 38.1 Å². The molecule has 0 amide bonds. The van der Waals surface area contributed by atoms with Gasteiger partial charge in [0.05, 0.1) is 34.8 Å². The van der Waals surface area contributed by atoms with Crippen LogP contribution in [0.2, 0.25) is 10.0 Å². The van der Waals surface area contributed by atoms with Gasteiger partial charge in [0.2, 0.25) is 5.89 Å². The molecule has 1 unspecified atom stereocenters. The number of rotatable bonds is 8. The van der Waals surface area contributed by atoms with Gasteiger partial charge in [0.25, 0.3) is 5.89 Å². The van der Waals surface area contributed by atoms with Crippen LogP contribution in [-0.4, -0.2) is 41.9 Å². The molecule has 9 nitrogen and oxygen atoms in total. The second-order valence-electron chi connectivity index (χ2n) is 9.25. The highest BCUT2D eigenvalue weighted by atomic mass is 35.5. The predicted molar refractivity (Wildman–Crippen MR) is 137 cm³/mol. The van der Waals surface area contributed by atoms with E-state index in [1.54, 1.807) is 24.6 Å². The maximum absolute atomic E-state index is 15.4. The summed E-state index contributed by atoms with van der Waals surface area (Å²) in [6.07, 6.45) is -1.06. The number of hydrogen-bond acceptors (Lipinski definition) is 8. The predicted octanol–water partition coefficient (Wildman–Crippen LogP) is 5.09. The van der Waals surface area contributed by atoms with Crippen LogP contribution in [0, 0.1) is 19.7 Å². The Hall–Kier alpha value is -3.18. The van der Waals surface area contributed by atoms with Gasteiger partial charge in [0.1, 0.15) is 11.9 Å². The number of aryl methyl sites for hydroxylation is 1. The lowest BCUT2D eigenvalue weighted by atomic mass is 10.0. The van der Waals surface area contributed by atoms with Crippen molar-refractivity contribution >= 4 is 28.9 Å². The fraction of sp³-hybridized carbons (Fsp3) is 0.320. The van der Waals surface area contributed by atoms with Crippen LogP contribution in [-0.2, 0) is 13.0 Å². The van der Waals surface area contributed by atoms with E-state index in [0.29, 0.717) is 27.7 Å². The molecule has 1 atom stereocenters. The van der Waals surface area contributed by atoms with Crippen molar-refractivity contribution in [3.05, 3.63) is 69.0 Å². The molecule has 0 aliphatic heterocycles. The number of benzene rings is 2. The van der Waals surface area contributed by atoms with Crippen molar-refractivity contribution in [2.75, 3.05) is 5.73 Å². The summed E-state index contributed by atoms with van der Waals surface area (Å²) in [5.74, 6) is -0.266. The molecule has 12 heteroatoms. The molecule has 0 aliphatic carbocycles. The molecule has 2 heterocycles. The van der Waals surface area contributed by atoms with E-state index in [1.807, 2.05) is 0 Å². The zero-order valence-electron chi connectivity index (χ0n) is 20.6. The summed E-state index contributed by atoms with van der Waals surface area (Å²) in [5.41, 5.74) is 6.95. The Balaban J connectivity index is 1.58. The van der Waals surface area contributed by atoms with E-state index in [0.717, 1.165) is 0 Å². The molecule has 4 rings (SSSR count). The van der Waals surface area contributed by atoms with Crippen molar-refractivity contribution in [2.45, 2.75) is 52.4 Å². The Kier molecular flexibility index (Phi) is 7.48. The van der Waals surface area contributed by atoms with Gasteiger partial charge in [-0.1, -0.05) is 29.3 Å². The lowest BCUT2D eigenvalue weighted by Gasteiger charge is -2.24. The zero-order chi connectivity index (χ0) is 27.1. The standard InChI is InChI=1S/C25H26Cl2FN5O4/c1-12-21(13(2)33(32-12)11-19(34)25(3,4)35)24-31-30-20(37-24)7-14-5-6-18(27)23(22(14)28)36-17-9-15(26)8-16(29)10-17/h5-6,8-10,19,34-35H,7,11,29H2,1-4H3. The maximum Gasteiger partial charge on any atom is 0.251 e. The number of aliphatic hydroxyl groups is 2. The summed E-state index contributed by atoms with van der Waals surface area (Å²) in [7, 11) is 0. The van der Waals surface area contributed by atoms with Gasteiger partial charge in [0, 0.05) is 28.0 Å². The van der Waals surface area contributed by atoms with Crippen molar-refractivity contribution in [1.29, 1.82) is 0 Å². The normalized spacial score (nSPS) is 12.7. The van der Waals surface area contributed by atoms with E-state index >= 15 is 4.39 Å². The van der Waals surface area contributed by atoms with Crippen molar-refractivity contribution in [2.24, 2.45) is 0 Å². The fourth-order valence-electron chi connectivity index (χ4n) is 3.72. The minimum Gasteiger partial charge on any atom is -0.453 e. The number of ether oxygens (including phenoxy) is 1. The number of nitrogens with two attached hydrogens (primary N) is 1. The summed E-state index contributed by atoms with van der Waals surface area (Å²) in [4.78, 5) is 0. The molecule has 37 heavy (non-hydrogen) atoms. The van der Waals surface area contributed by atoms with Crippen LogP contribution in [0.4, 0.5) is 10.1 Å². The second-order valence-corrected chi connectivity index (χ2v) is 10.1. The molecular weight excluding hydrogens is 524 g/mol. The van der Waals surface area contributed by atoms with E-state index in [4.69, 9.17) is 38.1 Å². The van der Waals surface area contributed by atoms with E-state index in [-0.39, 0.29) is 46.8 Å². The van der Waals surface area contributed by atoms with Gasteiger partial charge in [-0.05, 0) is 45.9 Å². The van der Waals surface area contributed by atoms with Gasteiger partial charge in [0.15, 0.2) is 11.6 Å². The quantitative estimate of drug-likeness (QED) is 0.259. The molecule has 0 saturated heterocycles. The number of anilines is 1. The van der Waals surface area contributed by atoms with Crippen LogP contribution in [0.1, 0.15) is 36.7 Å². The molecule has 0 fully saturated rings. The Morgan fingerprint density at radius 2 is 1.92 bits per heavy atom. The first kappa shape index (κ1) is 26.9. The number of nitrogen functional groups attached to an aromatic ring is 1. The van der Waals surface area contributed by atoms with Crippen molar-refractivity contribution in [3.63, 3.8) is 0 Å². The summed E-state index contributed by atoms with van der Waals surface area (Å²) >= 11 is 12.2. The number of aliphatic hydroxyl groups excluding tert-OH is 1. The van der Waals surface area contributed by atoms with Crippen LogP contribution >= 0.6 is 23.2 Å². The Morgan fingerprint density at radius 1 is 1.19 bits per heavy atom. The lowest BCUT2D eigenvalue weighted by molar-refractivity contribution is -0.0568. The molecule has 0 spiro atoms. The first-order valence-corrected chi connectivity index (χ1v) is 12.1. The summed E-state index contributed by atoms with van der Waals surface area (Å²) in [6, 6.07) is 7.55. The van der Waals surface area contributed by atoms with Gasteiger partial charge >= 0.3 is 0 Å². The first-order valence-electron chi connectivity index (χ1n) is 11.3. The lowest BCUT2D eigenvalue weighted by Crippen LogP contribution is -2.39. The van der Waals surface area contributed by atoms with Crippen LogP contribution in [0.3, 0.4) is 0 Å². The monoisotopic (exact) mass is 549 g/mol. The average Bonchev–Trinajstić information content (AvgIpc) is 3.35. The summed E-state index contributed by atoms with van der Waals surface area (Å²) in [6.45, 7) is 6.68. The van der Waals surface area contributed by atoms with E-state index in [2.05, 4.69) is 15.3 Å². The van der Waals surface area contributed by atoms with E-state index in [9.17, 15) is 10.2 Å². The van der Waals surface area contributed by atoms with Gasteiger partial charge in [-0.3, -0.25) is 4.68 Å². The second kappa shape index (κ2) is 10.3. The highest BCUT2D eigenvalue weighted by molar-refractivity contribution is 6.32. The molecular formula is C25H26Cl2FN5O4. The molecule has 2 aromatic heterocycles. The smallest absolute Gasteiger partial charge is 0.251 e. The van der Waals surface area contributed by atoms with Crippen LogP contribution in [0.15, 0.2) is 34.7 Å². The van der Waals surface area contributed by atoms with E-state index < -0.39 is 17.5 Å². The Bertz CT molecular complexity index is 1430. The number of aromatic nitrogens is 4. The third-order valence-electron chi connectivity index (χ3n) is 5.81. The van der Waals surface area contributed by atoms with Crippen LogP contribution in [0.5, 0.6) is 11.5 Å². The first-order chi connectivity index (χ1) is 17.3. The highest BCUT2D eigenvalue weighted by Gasteiger charge is 2.27. The number of nitrogens with zero attached hydrogens (tertiary/aromatic N) is 4. The number of hydrogen-bond donors (Lipinski definition) is 3. The third kappa shape index (κ3) is 5.88. The van der Waals surface area contributed by atoms with Gasteiger partial charge in [-0.25, -0.2) is 4.39 Å². The molecule has 2 aromatic carbocycles. The minimum absolute atomic E-state index is 0.0201. The SMILES string of the molecule is Cc1nn(CC(O)C(C)(C)O)c(C)c1-c1nnc(Cc2ccc(Cl)c(Oc3cc(N)cc(Cl)c3)c2F)o1. The largest absolute Gasteiger partial charge is 0.453 e. The molecule has 0 bridgehead atoms. The fourth-order valence-corrected chi connectivity index (χ4v) is 4.14. The van der Waals surface area contributed by atoms with Gasteiger partial charge in [-0.2, -0.15) is 5.10 Å². The summed E-state index contributed by atoms with van der Waals surface area (Å²) in [5, 5.41) is 33.3.